The number of anilines is 1. The zero-order chi connectivity index (χ0) is 8.81. The average molecular weight is 185 g/mol. The number of thiophene rings is 1. The monoisotopic (exact) mass is 185 g/mol. The Morgan fingerprint density at radius 1 is 1.75 bits per heavy atom. The first kappa shape index (κ1) is 9.06. The van der Waals surface area contributed by atoms with Gasteiger partial charge in [0.15, 0.2) is 0 Å². The highest BCUT2D eigenvalue weighted by Crippen LogP contribution is 2.10. The molecule has 0 atom stereocenters. The fraction of sp³-hybridized carbons (Fsp3) is 0.375. The van der Waals surface area contributed by atoms with E-state index in [1.165, 1.54) is 0 Å². The van der Waals surface area contributed by atoms with Gasteiger partial charge in [0.25, 0.3) is 0 Å². The molecule has 1 aromatic rings. The summed E-state index contributed by atoms with van der Waals surface area (Å²) >= 11 is 1.59. The molecule has 0 unspecified atom stereocenters. The first-order valence-corrected chi connectivity index (χ1v) is 4.69. The van der Waals surface area contributed by atoms with Crippen LogP contribution in [-0.2, 0) is 9.53 Å². The standard InChI is InChI=1S/C8H11NO2S/c1-2-11-8(10)5-9-7-3-4-12-6-7/h3-4,6,9H,2,5H2,1H3. The van der Waals surface area contributed by atoms with E-state index in [9.17, 15) is 4.79 Å². The van der Waals surface area contributed by atoms with E-state index >= 15 is 0 Å². The van der Waals surface area contributed by atoms with Crippen LogP contribution >= 0.6 is 11.3 Å². The molecule has 0 bridgehead atoms. The minimum atomic E-state index is -0.219. The molecule has 0 aliphatic rings. The van der Waals surface area contributed by atoms with E-state index in [1.54, 1.807) is 18.3 Å². The number of esters is 1. The number of ether oxygens (including phenoxy) is 1. The number of nitrogens with one attached hydrogen (secondary N) is 1. The van der Waals surface area contributed by atoms with E-state index < -0.39 is 0 Å². The van der Waals surface area contributed by atoms with Gasteiger partial charge in [0.2, 0.25) is 0 Å². The maximum absolute atomic E-state index is 10.9. The van der Waals surface area contributed by atoms with E-state index in [0.717, 1.165) is 5.69 Å². The summed E-state index contributed by atoms with van der Waals surface area (Å²) in [5.41, 5.74) is 0.966. The van der Waals surface area contributed by atoms with Crippen molar-refractivity contribution in [1.82, 2.24) is 0 Å². The second kappa shape index (κ2) is 4.77. The SMILES string of the molecule is CCOC(=O)CNc1ccsc1. The van der Waals surface area contributed by atoms with Gasteiger partial charge in [-0.25, -0.2) is 0 Å². The Morgan fingerprint density at radius 2 is 2.58 bits per heavy atom. The van der Waals surface area contributed by atoms with Gasteiger partial charge < -0.3 is 10.1 Å². The summed E-state index contributed by atoms with van der Waals surface area (Å²) in [4.78, 5) is 10.9. The lowest BCUT2D eigenvalue weighted by Gasteiger charge is -2.02. The van der Waals surface area contributed by atoms with Crippen molar-refractivity contribution in [3.05, 3.63) is 16.8 Å². The summed E-state index contributed by atoms with van der Waals surface area (Å²) in [7, 11) is 0. The van der Waals surface area contributed by atoms with Crippen LogP contribution in [0, 0.1) is 0 Å². The largest absolute Gasteiger partial charge is 0.465 e. The molecule has 0 fully saturated rings. The Morgan fingerprint density at radius 3 is 3.17 bits per heavy atom. The lowest BCUT2D eigenvalue weighted by molar-refractivity contribution is -0.140. The third-order valence-corrected chi connectivity index (χ3v) is 1.95. The van der Waals surface area contributed by atoms with Crippen molar-refractivity contribution in [1.29, 1.82) is 0 Å². The first-order valence-electron chi connectivity index (χ1n) is 3.74. The van der Waals surface area contributed by atoms with E-state index in [1.807, 2.05) is 16.8 Å². The van der Waals surface area contributed by atoms with Crippen LogP contribution < -0.4 is 5.32 Å². The zero-order valence-electron chi connectivity index (χ0n) is 6.87. The van der Waals surface area contributed by atoms with Crippen LogP contribution in [0.5, 0.6) is 0 Å². The maximum atomic E-state index is 10.9. The molecule has 0 amide bonds. The molecule has 0 spiro atoms. The maximum Gasteiger partial charge on any atom is 0.325 e. The Bertz CT molecular complexity index is 233. The minimum absolute atomic E-state index is 0.219. The molecule has 0 saturated carbocycles. The summed E-state index contributed by atoms with van der Waals surface area (Å²) < 4.78 is 4.74. The number of rotatable bonds is 4. The first-order chi connectivity index (χ1) is 5.83. The molecule has 12 heavy (non-hydrogen) atoms. The topological polar surface area (TPSA) is 38.3 Å². The summed E-state index contributed by atoms with van der Waals surface area (Å²) in [5, 5.41) is 6.84. The molecular weight excluding hydrogens is 174 g/mol. The van der Waals surface area contributed by atoms with Gasteiger partial charge in [0.1, 0.15) is 6.54 Å². The minimum Gasteiger partial charge on any atom is -0.465 e. The van der Waals surface area contributed by atoms with E-state index in [2.05, 4.69) is 5.32 Å². The van der Waals surface area contributed by atoms with Crippen molar-refractivity contribution < 1.29 is 9.53 Å². The predicted molar refractivity (Wildman–Crippen MR) is 49.4 cm³/mol. The molecular formula is C8H11NO2S. The van der Waals surface area contributed by atoms with E-state index in [0.29, 0.717) is 6.61 Å². The highest BCUT2D eigenvalue weighted by Gasteiger charge is 1.99. The van der Waals surface area contributed by atoms with Crippen molar-refractivity contribution in [2.75, 3.05) is 18.5 Å². The summed E-state index contributed by atoms with van der Waals surface area (Å²) in [5.74, 6) is -0.219. The molecule has 66 valence electrons. The third kappa shape index (κ3) is 2.92. The highest BCUT2D eigenvalue weighted by atomic mass is 32.1. The molecule has 0 aliphatic carbocycles. The Labute approximate surface area is 75.4 Å². The third-order valence-electron chi connectivity index (χ3n) is 1.26. The van der Waals surface area contributed by atoms with Crippen LogP contribution in [0.2, 0.25) is 0 Å². The van der Waals surface area contributed by atoms with Crippen LogP contribution in [0.15, 0.2) is 16.8 Å². The lowest BCUT2D eigenvalue weighted by Crippen LogP contribution is -2.16. The van der Waals surface area contributed by atoms with Gasteiger partial charge >= 0.3 is 5.97 Å². The highest BCUT2D eigenvalue weighted by molar-refractivity contribution is 7.08. The van der Waals surface area contributed by atoms with Crippen molar-refractivity contribution in [3.8, 4) is 0 Å². The van der Waals surface area contributed by atoms with Gasteiger partial charge in [-0.1, -0.05) is 0 Å². The Balaban J connectivity index is 2.22. The average Bonchev–Trinajstić information content (AvgIpc) is 2.53. The van der Waals surface area contributed by atoms with Gasteiger partial charge in [-0.05, 0) is 18.4 Å². The molecule has 4 heteroatoms. The normalized spacial score (nSPS) is 9.42. The van der Waals surface area contributed by atoms with Gasteiger partial charge in [-0.3, -0.25) is 4.79 Å². The molecule has 1 heterocycles. The molecule has 0 aliphatic heterocycles. The molecule has 1 N–H and O–H groups in total. The molecule has 0 radical (unpaired) electrons. The van der Waals surface area contributed by atoms with Gasteiger partial charge in [-0.2, -0.15) is 11.3 Å². The molecule has 1 aromatic heterocycles. The Hall–Kier alpha value is -1.03. The number of carbonyl (C=O) groups excluding carboxylic acids is 1. The second-order valence-corrected chi connectivity index (χ2v) is 2.95. The molecule has 1 rings (SSSR count). The summed E-state index contributed by atoms with van der Waals surface area (Å²) in [6.07, 6.45) is 0. The number of carbonyl (C=O) groups is 1. The number of hydrogen-bond donors (Lipinski definition) is 1. The molecule has 0 aromatic carbocycles. The van der Waals surface area contributed by atoms with Gasteiger partial charge in [0, 0.05) is 11.1 Å². The van der Waals surface area contributed by atoms with Crippen LogP contribution in [-0.4, -0.2) is 19.1 Å². The van der Waals surface area contributed by atoms with Crippen LogP contribution in [0.4, 0.5) is 5.69 Å². The van der Waals surface area contributed by atoms with E-state index in [-0.39, 0.29) is 12.5 Å². The van der Waals surface area contributed by atoms with Crippen molar-refractivity contribution in [2.24, 2.45) is 0 Å². The quantitative estimate of drug-likeness (QED) is 0.726. The summed E-state index contributed by atoms with van der Waals surface area (Å²) in [6.45, 7) is 2.47. The fourth-order valence-corrected chi connectivity index (χ4v) is 1.36. The smallest absolute Gasteiger partial charge is 0.325 e. The van der Waals surface area contributed by atoms with Gasteiger partial charge in [0.05, 0.1) is 6.61 Å². The Kier molecular flexibility index (Phi) is 3.60. The fourth-order valence-electron chi connectivity index (χ4n) is 0.751. The zero-order valence-corrected chi connectivity index (χ0v) is 7.69. The number of hydrogen-bond acceptors (Lipinski definition) is 4. The van der Waals surface area contributed by atoms with Crippen LogP contribution in [0.3, 0.4) is 0 Å². The van der Waals surface area contributed by atoms with Crippen molar-refractivity contribution >= 4 is 23.0 Å². The lowest BCUT2D eigenvalue weighted by atomic mass is 10.5. The second-order valence-electron chi connectivity index (χ2n) is 2.17. The van der Waals surface area contributed by atoms with Crippen LogP contribution in [0.25, 0.3) is 0 Å². The summed E-state index contributed by atoms with van der Waals surface area (Å²) in [6, 6.07) is 1.92. The van der Waals surface area contributed by atoms with E-state index in [4.69, 9.17) is 4.74 Å². The van der Waals surface area contributed by atoms with Gasteiger partial charge in [-0.15, -0.1) is 0 Å². The molecule has 0 saturated heterocycles. The predicted octanol–water partition coefficient (Wildman–Crippen LogP) is 1.72. The van der Waals surface area contributed by atoms with Crippen LogP contribution in [0.1, 0.15) is 6.92 Å². The molecule has 3 nitrogen and oxygen atoms in total. The van der Waals surface area contributed by atoms with Crippen molar-refractivity contribution in [3.63, 3.8) is 0 Å². The van der Waals surface area contributed by atoms with Crippen molar-refractivity contribution in [2.45, 2.75) is 6.92 Å².